The van der Waals surface area contributed by atoms with Crippen LogP contribution in [0.5, 0.6) is 5.75 Å². The van der Waals surface area contributed by atoms with Crippen molar-refractivity contribution in [2.24, 2.45) is 0 Å². The van der Waals surface area contributed by atoms with E-state index in [1.165, 1.54) is 0 Å². The highest BCUT2D eigenvalue weighted by Crippen LogP contribution is 2.50. The Kier molecular flexibility index (Phi) is 4.16. The Hall–Kier alpha value is -1.07. The number of benzene rings is 1. The van der Waals surface area contributed by atoms with Crippen molar-refractivity contribution >= 4 is 24.1 Å². The van der Waals surface area contributed by atoms with Crippen LogP contribution in [0, 0.1) is 0 Å². The van der Waals surface area contributed by atoms with Crippen molar-refractivity contribution < 1.29 is 19.0 Å². The lowest BCUT2D eigenvalue weighted by Gasteiger charge is -2.28. The van der Waals surface area contributed by atoms with Crippen LogP contribution >= 0.6 is 18.1 Å². The molecule has 0 saturated carbocycles. The first-order valence-electron chi connectivity index (χ1n) is 5.76. The minimum Gasteiger partial charge on any atom is -0.479 e. The van der Waals surface area contributed by atoms with Crippen LogP contribution in [0.15, 0.2) is 30.3 Å². The highest BCUT2D eigenvalue weighted by molar-refractivity contribution is 7.84. The summed E-state index contributed by atoms with van der Waals surface area (Å²) < 4.78 is 17.3. The fourth-order valence-corrected chi connectivity index (χ4v) is 3.79. The summed E-state index contributed by atoms with van der Waals surface area (Å²) in [4.78, 5) is 11.3. The summed E-state index contributed by atoms with van der Waals surface area (Å²) in [5, 5.41) is 14.4. The lowest BCUT2D eigenvalue weighted by molar-refractivity contribution is -0.144. The zero-order valence-corrected chi connectivity index (χ0v) is 11.7. The number of nitrogens with one attached hydrogen (secondary N) is 2. The number of hydrogen-bond acceptors (Lipinski definition) is 4. The number of carboxylic acids is 1. The third kappa shape index (κ3) is 3.48. The number of rotatable bonds is 5. The van der Waals surface area contributed by atoms with Crippen molar-refractivity contribution in [2.75, 3.05) is 6.54 Å². The van der Waals surface area contributed by atoms with Gasteiger partial charge in [0.25, 0.3) is 0 Å². The van der Waals surface area contributed by atoms with Crippen LogP contribution in [0.1, 0.15) is 12.8 Å². The molecule has 1 aromatic rings. The summed E-state index contributed by atoms with van der Waals surface area (Å²) in [5.74, 6) is -0.839. The van der Waals surface area contributed by atoms with Crippen LogP contribution in [0.4, 0.5) is 0 Å². The third-order valence-corrected chi connectivity index (χ3v) is 4.37. The molecule has 0 aromatic heterocycles. The van der Waals surface area contributed by atoms with E-state index in [1.54, 1.807) is 30.3 Å². The minimum absolute atomic E-state index is 0.289. The third-order valence-electron chi connectivity index (χ3n) is 2.81. The van der Waals surface area contributed by atoms with E-state index in [4.69, 9.17) is 15.8 Å². The molecule has 1 fully saturated rings. The second-order valence-corrected chi connectivity index (χ2v) is 6.94. The smallest absolute Gasteiger partial charge is 0.411 e. The Morgan fingerprint density at radius 3 is 2.68 bits per heavy atom. The van der Waals surface area contributed by atoms with Gasteiger partial charge in [0.1, 0.15) is 5.75 Å². The first-order valence-corrected chi connectivity index (χ1v) is 8.29. The molecule has 1 aliphatic rings. The molecule has 1 aromatic carbocycles. The van der Waals surface area contributed by atoms with Crippen LogP contribution in [0.2, 0.25) is 0 Å². The maximum Gasteiger partial charge on any atom is 0.411 e. The molecule has 0 spiro atoms. The summed E-state index contributed by atoms with van der Waals surface area (Å²) in [6.07, 6.45) is 0.943. The second kappa shape index (κ2) is 5.51. The Bertz CT molecular complexity index is 505. The molecular weight excluding hydrogens is 291 g/mol. The van der Waals surface area contributed by atoms with Crippen molar-refractivity contribution in [3.8, 4) is 5.75 Å². The highest BCUT2D eigenvalue weighted by atomic mass is 35.7. The number of hydrogen-bond donors (Lipinski definition) is 3. The molecular formula is C11H14ClN2O4P. The monoisotopic (exact) mass is 304 g/mol. The Morgan fingerprint density at radius 1 is 1.47 bits per heavy atom. The predicted octanol–water partition coefficient (Wildman–Crippen LogP) is 2.17. The van der Waals surface area contributed by atoms with Gasteiger partial charge >= 0.3 is 12.8 Å². The molecule has 1 unspecified atom stereocenters. The van der Waals surface area contributed by atoms with Gasteiger partial charge in [0.15, 0.2) is 5.66 Å². The summed E-state index contributed by atoms with van der Waals surface area (Å²) in [6, 6.07) is 8.36. The predicted molar refractivity (Wildman–Crippen MR) is 71.3 cm³/mol. The normalized spacial score (nSPS) is 25.7. The average Bonchev–Trinajstić information content (AvgIpc) is 2.78. The zero-order valence-electron chi connectivity index (χ0n) is 10.0. The molecule has 0 aliphatic carbocycles. The van der Waals surface area contributed by atoms with Gasteiger partial charge in [-0.1, -0.05) is 18.2 Å². The molecule has 3 N–H and O–H groups in total. The first kappa shape index (κ1) is 14.3. The van der Waals surface area contributed by atoms with Gasteiger partial charge in [-0.05, 0) is 31.5 Å². The fourth-order valence-electron chi connectivity index (χ4n) is 1.94. The molecule has 0 radical (unpaired) electrons. The van der Waals surface area contributed by atoms with Gasteiger partial charge in [0.05, 0.1) is 0 Å². The Morgan fingerprint density at radius 2 is 2.16 bits per heavy atom. The zero-order chi connectivity index (χ0) is 13.9. The molecule has 104 valence electrons. The molecule has 8 heteroatoms. The summed E-state index contributed by atoms with van der Waals surface area (Å²) in [7, 11) is 0. The van der Waals surface area contributed by atoms with Gasteiger partial charge in [-0.3, -0.25) is 5.32 Å². The van der Waals surface area contributed by atoms with Crippen LogP contribution in [0.25, 0.3) is 0 Å². The maximum atomic E-state index is 12.2. The van der Waals surface area contributed by atoms with E-state index in [0.717, 1.165) is 0 Å². The van der Waals surface area contributed by atoms with Crippen LogP contribution in [0.3, 0.4) is 0 Å². The van der Waals surface area contributed by atoms with Crippen molar-refractivity contribution in [3.63, 3.8) is 0 Å². The number of para-hydroxylation sites is 1. The first-order chi connectivity index (χ1) is 8.94. The highest BCUT2D eigenvalue weighted by Gasteiger charge is 2.46. The largest absolute Gasteiger partial charge is 0.479 e. The van der Waals surface area contributed by atoms with Gasteiger partial charge in [0, 0.05) is 11.2 Å². The van der Waals surface area contributed by atoms with Gasteiger partial charge in [-0.25, -0.2) is 9.36 Å². The standard InChI is InChI=1S/C11H14ClN2O4P/c12-19(17,18-9-5-2-1-3-6-9)14-11(10(15)16)7-4-8-13-11/h1-3,5-6,13H,4,7-8H2,(H,14,17)(H,15,16)/t11-,19?/m1/s1. The van der Waals surface area contributed by atoms with Crippen molar-refractivity contribution in [2.45, 2.75) is 18.5 Å². The van der Waals surface area contributed by atoms with Gasteiger partial charge < -0.3 is 9.63 Å². The molecule has 6 nitrogen and oxygen atoms in total. The van der Waals surface area contributed by atoms with E-state index in [0.29, 0.717) is 18.7 Å². The fraction of sp³-hybridized carbons (Fsp3) is 0.364. The molecule has 2 atom stereocenters. The van der Waals surface area contributed by atoms with Gasteiger partial charge in [-0.2, -0.15) is 5.09 Å². The van der Waals surface area contributed by atoms with E-state index in [2.05, 4.69) is 10.4 Å². The Balaban J connectivity index is 2.12. The lowest BCUT2D eigenvalue weighted by atomic mass is 10.1. The topological polar surface area (TPSA) is 87.7 Å². The maximum absolute atomic E-state index is 12.2. The summed E-state index contributed by atoms with van der Waals surface area (Å²) in [5.41, 5.74) is -1.49. The molecule has 19 heavy (non-hydrogen) atoms. The number of aliphatic carboxylic acids is 1. The molecule has 1 aliphatic heterocycles. The SMILES string of the molecule is O=C(O)[C@]1(NP(=O)(Cl)Oc2ccccc2)CCCN1. The second-order valence-electron chi connectivity index (χ2n) is 4.24. The number of halogens is 1. The van der Waals surface area contributed by atoms with E-state index in [-0.39, 0.29) is 6.42 Å². The molecule has 0 amide bonds. The van der Waals surface area contributed by atoms with Crippen LogP contribution in [-0.2, 0) is 9.36 Å². The molecule has 1 saturated heterocycles. The van der Waals surface area contributed by atoms with E-state index in [9.17, 15) is 14.5 Å². The number of carboxylic acid groups (broad SMARTS) is 1. The van der Waals surface area contributed by atoms with Gasteiger partial charge in [-0.15, -0.1) is 0 Å². The summed E-state index contributed by atoms with van der Waals surface area (Å²) >= 11 is 5.80. The van der Waals surface area contributed by atoms with E-state index >= 15 is 0 Å². The van der Waals surface area contributed by atoms with Crippen molar-refractivity contribution in [3.05, 3.63) is 30.3 Å². The van der Waals surface area contributed by atoms with Crippen LogP contribution < -0.4 is 14.9 Å². The van der Waals surface area contributed by atoms with E-state index < -0.39 is 18.5 Å². The van der Waals surface area contributed by atoms with Crippen LogP contribution in [-0.4, -0.2) is 23.3 Å². The lowest BCUT2D eigenvalue weighted by Crippen LogP contribution is -2.57. The summed E-state index contributed by atoms with van der Waals surface area (Å²) in [6.45, 7) is -3.29. The average molecular weight is 305 g/mol. The Labute approximate surface area is 115 Å². The van der Waals surface area contributed by atoms with Crippen molar-refractivity contribution in [1.29, 1.82) is 0 Å². The molecule has 2 rings (SSSR count). The molecule has 0 bridgehead atoms. The minimum atomic E-state index is -3.80. The van der Waals surface area contributed by atoms with Gasteiger partial charge in [0.2, 0.25) is 0 Å². The molecule has 1 heterocycles. The number of carbonyl (C=O) groups is 1. The van der Waals surface area contributed by atoms with Crippen molar-refractivity contribution in [1.82, 2.24) is 10.4 Å². The van der Waals surface area contributed by atoms with E-state index in [1.807, 2.05) is 0 Å². The quantitative estimate of drug-likeness (QED) is 0.723.